The van der Waals surface area contributed by atoms with E-state index in [4.69, 9.17) is 5.73 Å². The lowest BCUT2D eigenvalue weighted by Gasteiger charge is -2.08. The Hall–Kier alpha value is -1.06. The highest BCUT2D eigenvalue weighted by Crippen LogP contribution is 2.37. The average molecular weight is 170 g/mol. The van der Waals surface area contributed by atoms with Gasteiger partial charge in [0.2, 0.25) is 11.8 Å². The molecule has 1 rings (SSSR count). The average Bonchev–Trinajstić information content (AvgIpc) is 2.66. The van der Waals surface area contributed by atoms with Crippen molar-refractivity contribution >= 4 is 11.8 Å². The van der Waals surface area contributed by atoms with E-state index in [1.807, 2.05) is 6.92 Å². The smallest absolute Gasteiger partial charge is 0.239 e. The number of hydrogen-bond donors (Lipinski definition) is 2. The van der Waals surface area contributed by atoms with E-state index in [1.165, 1.54) is 0 Å². The predicted octanol–water partition coefficient (Wildman–Crippen LogP) is -0.368. The van der Waals surface area contributed by atoms with Gasteiger partial charge in [-0.25, -0.2) is 0 Å². The standard InChI is InChI=1S/C8H14N2O2/c1-4-3-6(4)8(12)10-5(2)7(9)11/h4-6H,3H2,1-2H3,(H2,9,11)(H,10,12)/t4-,5?,6-/m0/s1. The van der Waals surface area contributed by atoms with Crippen molar-refractivity contribution in [2.24, 2.45) is 17.6 Å². The van der Waals surface area contributed by atoms with Gasteiger partial charge in [0.05, 0.1) is 0 Å². The molecule has 0 aromatic rings. The van der Waals surface area contributed by atoms with Crippen LogP contribution in [-0.2, 0) is 9.59 Å². The molecule has 0 saturated heterocycles. The van der Waals surface area contributed by atoms with E-state index in [2.05, 4.69) is 5.32 Å². The number of nitrogens with two attached hydrogens (primary N) is 1. The fourth-order valence-electron chi connectivity index (χ4n) is 1.08. The molecule has 4 nitrogen and oxygen atoms in total. The Morgan fingerprint density at radius 3 is 2.42 bits per heavy atom. The SMILES string of the molecule is CC(NC(=O)[C@H]1C[C@@H]1C)C(N)=O. The first-order valence-corrected chi connectivity index (χ1v) is 4.12. The van der Waals surface area contributed by atoms with E-state index in [0.717, 1.165) is 6.42 Å². The maximum absolute atomic E-state index is 11.2. The molecule has 0 radical (unpaired) electrons. The first kappa shape index (κ1) is 9.03. The number of amides is 2. The van der Waals surface area contributed by atoms with Crippen LogP contribution in [-0.4, -0.2) is 17.9 Å². The molecule has 0 bridgehead atoms. The number of hydrogen-bond acceptors (Lipinski definition) is 2. The van der Waals surface area contributed by atoms with Crippen LogP contribution in [0.1, 0.15) is 20.3 Å². The third-order valence-electron chi connectivity index (χ3n) is 2.23. The van der Waals surface area contributed by atoms with Crippen LogP contribution in [0.25, 0.3) is 0 Å². The summed E-state index contributed by atoms with van der Waals surface area (Å²) < 4.78 is 0. The summed E-state index contributed by atoms with van der Waals surface area (Å²) in [6.45, 7) is 3.60. The van der Waals surface area contributed by atoms with Crippen molar-refractivity contribution < 1.29 is 9.59 Å². The van der Waals surface area contributed by atoms with Gasteiger partial charge >= 0.3 is 0 Å². The van der Waals surface area contributed by atoms with Gasteiger partial charge in [-0.2, -0.15) is 0 Å². The minimum atomic E-state index is -0.551. The molecule has 3 atom stereocenters. The first-order chi connectivity index (χ1) is 5.52. The third kappa shape index (κ3) is 1.96. The van der Waals surface area contributed by atoms with E-state index < -0.39 is 11.9 Å². The van der Waals surface area contributed by atoms with Gasteiger partial charge in [0.1, 0.15) is 6.04 Å². The van der Waals surface area contributed by atoms with Crippen molar-refractivity contribution in [2.75, 3.05) is 0 Å². The fraction of sp³-hybridized carbons (Fsp3) is 0.750. The van der Waals surface area contributed by atoms with Crippen LogP contribution in [0, 0.1) is 11.8 Å². The lowest BCUT2D eigenvalue weighted by Crippen LogP contribution is -2.43. The highest BCUT2D eigenvalue weighted by Gasteiger charge is 2.39. The summed E-state index contributed by atoms with van der Waals surface area (Å²) in [5.41, 5.74) is 4.99. The van der Waals surface area contributed by atoms with Gasteiger partial charge < -0.3 is 11.1 Å². The second-order valence-corrected chi connectivity index (χ2v) is 3.45. The van der Waals surface area contributed by atoms with Crippen molar-refractivity contribution in [1.82, 2.24) is 5.32 Å². The molecule has 12 heavy (non-hydrogen) atoms. The zero-order valence-electron chi connectivity index (χ0n) is 7.33. The molecule has 0 heterocycles. The molecular formula is C8H14N2O2. The maximum atomic E-state index is 11.2. The van der Waals surface area contributed by atoms with Crippen LogP contribution in [0.15, 0.2) is 0 Å². The van der Waals surface area contributed by atoms with Crippen LogP contribution in [0.4, 0.5) is 0 Å². The van der Waals surface area contributed by atoms with Gasteiger partial charge in [-0.15, -0.1) is 0 Å². The molecule has 3 N–H and O–H groups in total. The molecule has 1 saturated carbocycles. The minimum absolute atomic E-state index is 0.0474. The van der Waals surface area contributed by atoms with Crippen LogP contribution in [0.3, 0.4) is 0 Å². The summed E-state index contributed by atoms with van der Waals surface area (Å²) in [6, 6.07) is -0.551. The van der Waals surface area contributed by atoms with Gasteiger partial charge in [0, 0.05) is 5.92 Å². The van der Waals surface area contributed by atoms with Crippen molar-refractivity contribution in [3.8, 4) is 0 Å². The van der Waals surface area contributed by atoms with E-state index in [-0.39, 0.29) is 11.8 Å². The van der Waals surface area contributed by atoms with Gasteiger partial charge in [0.15, 0.2) is 0 Å². The molecule has 0 spiro atoms. The monoisotopic (exact) mass is 170 g/mol. The second-order valence-electron chi connectivity index (χ2n) is 3.45. The summed E-state index contributed by atoms with van der Waals surface area (Å²) in [5, 5.41) is 2.56. The van der Waals surface area contributed by atoms with Gasteiger partial charge in [-0.05, 0) is 19.3 Å². The molecule has 4 heteroatoms. The topological polar surface area (TPSA) is 72.2 Å². The summed E-state index contributed by atoms with van der Waals surface area (Å²) in [6.07, 6.45) is 0.928. The number of nitrogens with one attached hydrogen (secondary N) is 1. The highest BCUT2D eigenvalue weighted by atomic mass is 16.2. The molecule has 1 unspecified atom stereocenters. The van der Waals surface area contributed by atoms with Gasteiger partial charge in [0.25, 0.3) is 0 Å². The van der Waals surface area contributed by atoms with Crippen LogP contribution >= 0.6 is 0 Å². The summed E-state index contributed by atoms with van der Waals surface area (Å²) >= 11 is 0. The molecule has 0 aromatic heterocycles. The lowest BCUT2D eigenvalue weighted by atomic mass is 10.2. The Balaban J connectivity index is 2.31. The third-order valence-corrected chi connectivity index (χ3v) is 2.23. The molecule has 68 valence electrons. The number of carbonyl (C=O) groups excluding carboxylic acids is 2. The maximum Gasteiger partial charge on any atom is 0.239 e. The Morgan fingerprint density at radius 2 is 2.08 bits per heavy atom. The second kappa shape index (κ2) is 3.13. The molecule has 1 aliphatic rings. The van der Waals surface area contributed by atoms with E-state index >= 15 is 0 Å². The summed E-state index contributed by atoms with van der Waals surface area (Å²) in [7, 11) is 0. The Bertz CT molecular complexity index is 215. The van der Waals surface area contributed by atoms with E-state index in [9.17, 15) is 9.59 Å². The molecular weight excluding hydrogens is 156 g/mol. The van der Waals surface area contributed by atoms with Gasteiger partial charge in [-0.3, -0.25) is 9.59 Å². The molecule has 0 aliphatic heterocycles. The van der Waals surface area contributed by atoms with Crippen molar-refractivity contribution in [3.63, 3.8) is 0 Å². The van der Waals surface area contributed by atoms with Crippen molar-refractivity contribution in [1.29, 1.82) is 0 Å². The Morgan fingerprint density at radius 1 is 1.58 bits per heavy atom. The number of primary amides is 1. The number of carbonyl (C=O) groups is 2. The first-order valence-electron chi connectivity index (χ1n) is 4.12. The minimum Gasteiger partial charge on any atom is -0.368 e. The van der Waals surface area contributed by atoms with Crippen LogP contribution in [0.5, 0.6) is 0 Å². The highest BCUT2D eigenvalue weighted by molar-refractivity contribution is 5.88. The molecule has 2 amide bonds. The van der Waals surface area contributed by atoms with Crippen molar-refractivity contribution in [3.05, 3.63) is 0 Å². The molecule has 0 aromatic carbocycles. The van der Waals surface area contributed by atoms with Crippen LogP contribution < -0.4 is 11.1 Å². The Labute approximate surface area is 71.5 Å². The van der Waals surface area contributed by atoms with E-state index in [0.29, 0.717) is 5.92 Å². The zero-order chi connectivity index (χ0) is 9.30. The fourth-order valence-corrected chi connectivity index (χ4v) is 1.08. The predicted molar refractivity (Wildman–Crippen MR) is 44.1 cm³/mol. The van der Waals surface area contributed by atoms with E-state index in [1.54, 1.807) is 6.92 Å². The zero-order valence-corrected chi connectivity index (χ0v) is 7.33. The quantitative estimate of drug-likeness (QED) is 0.606. The van der Waals surface area contributed by atoms with Crippen molar-refractivity contribution in [2.45, 2.75) is 26.3 Å². The summed E-state index contributed by atoms with van der Waals surface area (Å²) in [5.74, 6) is 0.0299. The van der Waals surface area contributed by atoms with Crippen LogP contribution in [0.2, 0.25) is 0 Å². The van der Waals surface area contributed by atoms with Gasteiger partial charge in [-0.1, -0.05) is 6.92 Å². The molecule has 1 fully saturated rings. The lowest BCUT2D eigenvalue weighted by molar-refractivity contribution is -0.127. The summed E-state index contributed by atoms with van der Waals surface area (Å²) in [4.78, 5) is 21.8. The Kier molecular flexibility index (Phi) is 2.35. The normalized spacial score (nSPS) is 29.2. The largest absolute Gasteiger partial charge is 0.368 e. The number of rotatable bonds is 3. The molecule has 1 aliphatic carbocycles.